The van der Waals surface area contributed by atoms with E-state index >= 15 is 0 Å². The van der Waals surface area contributed by atoms with Crippen molar-refractivity contribution in [3.63, 3.8) is 0 Å². The number of hydrogen-bond acceptors (Lipinski definition) is 4. The first-order valence-corrected chi connectivity index (χ1v) is 7.56. The zero-order valence-electron chi connectivity index (χ0n) is 10.3. The van der Waals surface area contributed by atoms with Crippen molar-refractivity contribution < 1.29 is 14.4 Å². The smallest absolute Gasteiger partial charge is 0.250 e. The van der Waals surface area contributed by atoms with Crippen molar-refractivity contribution in [3.8, 4) is 0 Å². The highest BCUT2D eigenvalue weighted by molar-refractivity contribution is 8.00. The molecule has 1 N–H and O–H groups in total. The molecule has 5 nitrogen and oxygen atoms in total. The highest BCUT2D eigenvalue weighted by Crippen LogP contribution is 2.57. The lowest BCUT2D eigenvalue weighted by atomic mass is 9.70. The summed E-state index contributed by atoms with van der Waals surface area (Å²) in [5, 5.41) is 0.693. The summed E-state index contributed by atoms with van der Waals surface area (Å²) < 4.78 is 0. The quantitative estimate of drug-likeness (QED) is 0.585. The molecule has 0 aromatic carbocycles. The predicted molar refractivity (Wildman–Crippen MR) is 67.8 cm³/mol. The average molecular weight is 270 g/mol. The minimum atomic E-state index is -0.154. The van der Waals surface area contributed by atoms with Gasteiger partial charge < -0.3 is 4.90 Å². The molecule has 0 aromatic rings. The Balaban J connectivity index is 1.35. The minimum Gasteiger partial charge on any atom is -0.340 e. The summed E-state index contributed by atoms with van der Waals surface area (Å²) in [6.45, 7) is 1.77. The Bertz CT molecular complexity index is 363. The molecule has 2 bridgehead atoms. The summed E-state index contributed by atoms with van der Waals surface area (Å²) in [7, 11) is 0. The molecule has 1 saturated carbocycles. The molecule has 1 aliphatic carbocycles. The van der Waals surface area contributed by atoms with E-state index in [1.165, 1.54) is 0 Å². The third kappa shape index (κ3) is 2.12. The topological polar surface area (TPSA) is 58.6 Å². The van der Waals surface area contributed by atoms with E-state index in [1.807, 2.05) is 11.8 Å². The van der Waals surface area contributed by atoms with E-state index in [2.05, 4.69) is 5.48 Å². The molecule has 100 valence electrons. The molecule has 18 heavy (non-hydrogen) atoms. The van der Waals surface area contributed by atoms with Crippen LogP contribution in [-0.2, 0) is 14.4 Å². The van der Waals surface area contributed by atoms with Gasteiger partial charge in [-0.2, -0.15) is 11.8 Å². The molecule has 0 aromatic heterocycles. The molecule has 4 fully saturated rings. The second-order valence-corrected chi connectivity index (χ2v) is 6.67. The van der Waals surface area contributed by atoms with Gasteiger partial charge in [0.25, 0.3) is 5.91 Å². The van der Waals surface area contributed by atoms with Gasteiger partial charge >= 0.3 is 0 Å². The number of likely N-dealkylation sites (tertiary alicyclic amines) is 1. The first-order chi connectivity index (χ1) is 8.70. The fourth-order valence-electron chi connectivity index (χ4n) is 2.90. The Morgan fingerprint density at radius 3 is 3.00 bits per heavy atom. The molecule has 0 unspecified atom stereocenters. The van der Waals surface area contributed by atoms with Crippen molar-refractivity contribution in [1.82, 2.24) is 10.4 Å². The molecule has 4 aliphatic rings. The van der Waals surface area contributed by atoms with Gasteiger partial charge in [0.1, 0.15) is 0 Å². The van der Waals surface area contributed by atoms with Crippen molar-refractivity contribution in [2.75, 3.05) is 25.4 Å². The van der Waals surface area contributed by atoms with E-state index in [4.69, 9.17) is 4.84 Å². The summed E-state index contributed by atoms with van der Waals surface area (Å²) in [6.07, 6.45) is 3.58. The van der Waals surface area contributed by atoms with E-state index in [1.54, 1.807) is 4.90 Å². The van der Waals surface area contributed by atoms with Crippen LogP contribution in [0, 0.1) is 5.41 Å². The summed E-state index contributed by atoms with van der Waals surface area (Å²) >= 11 is 1.89. The maximum atomic E-state index is 11.9. The van der Waals surface area contributed by atoms with E-state index in [9.17, 15) is 9.59 Å². The standard InChI is InChI=1S/C12H18N2O3S/c15-10-2-1-3-14(10)4-5-17-13-11(16)12-6-9(7-12)18-8-12/h9H,1-8H2,(H,13,16). The Morgan fingerprint density at radius 1 is 1.56 bits per heavy atom. The van der Waals surface area contributed by atoms with E-state index in [0.29, 0.717) is 24.8 Å². The van der Waals surface area contributed by atoms with E-state index < -0.39 is 0 Å². The molecule has 3 saturated heterocycles. The number of carbonyl (C=O) groups excluding carboxylic acids is 2. The van der Waals surface area contributed by atoms with Crippen LogP contribution in [0.4, 0.5) is 0 Å². The average Bonchev–Trinajstić information content (AvgIpc) is 2.98. The Kier molecular flexibility index (Phi) is 3.23. The van der Waals surface area contributed by atoms with Gasteiger partial charge in [-0.05, 0) is 19.3 Å². The molecule has 3 aliphatic heterocycles. The molecule has 0 spiro atoms. The highest BCUT2D eigenvalue weighted by atomic mass is 32.2. The predicted octanol–water partition coefficient (Wildman–Crippen LogP) is 0.552. The summed E-state index contributed by atoms with van der Waals surface area (Å²) in [4.78, 5) is 30.3. The van der Waals surface area contributed by atoms with Crippen molar-refractivity contribution in [1.29, 1.82) is 0 Å². The normalized spacial score (nSPS) is 33.7. The lowest BCUT2D eigenvalue weighted by Crippen LogP contribution is -2.47. The van der Waals surface area contributed by atoms with Crippen molar-refractivity contribution in [2.45, 2.75) is 30.9 Å². The summed E-state index contributed by atoms with van der Waals surface area (Å²) in [5.41, 5.74) is 2.40. The Labute approximate surface area is 111 Å². The minimum absolute atomic E-state index is 0.0245. The number of carbonyl (C=O) groups is 2. The van der Waals surface area contributed by atoms with Gasteiger partial charge in [0.2, 0.25) is 5.91 Å². The van der Waals surface area contributed by atoms with Crippen molar-refractivity contribution in [2.24, 2.45) is 5.41 Å². The van der Waals surface area contributed by atoms with Crippen LogP contribution in [0.5, 0.6) is 0 Å². The molecular weight excluding hydrogens is 252 g/mol. The maximum absolute atomic E-state index is 11.9. The van der Waals surface area contributed by atoms with Crippen molar-refractivity contribution in [3.05, 3.63) is 0 Å². The number of hydrogen-bond donors (Lipinski definition) is 1. The first kappa shape index (κ1) is 12.3. The van der Waals surface area contributed by atoms with Gasteiger partial charge in [0, 0.05) is 30.5 Å². The van der Waals surface area contributed by atoms with Gasteiger partial charge in [0.05, 0.1) is 12.0 Å². The van der Waals surface area contributed by atoms with Crippen LogP contribution >= 0.6 is 11.8 Å². The lowest BCUT2D eigenvalue weighted by Gasteiger charge is -2.34. The number of fused-ring (bicyclic) bond motifs is 1. The van der Waals surface area contributed by atoms with Crippen LogP contribution in [0.25, 0.3) is 0 Å². The van der Waals surface area contributed by atoms with Crippen LogP contribution in [0.1, 0.15) is 25.7 Å². The van der Waals surface area contributed by atoms with Gasteiger partial charge in [-0.1, -0.05) is 0 Å². The van der Waals surface area contributed by atoms with E-state index in [0.717, 1.165) is 31.6 Å². The first-order valence-electron chi connectivity index (χ1n) is 6.51. The second kappa shape index (κ2) is 4.74. The zero-order valence-corrected chi connectivity index (χ0v) is 11.1. The zero-order chi connectivity index (χ0) is 12.6. The fourth-order valence-corrected chi connectivity index (χ4v) is 4.69. The summed E-state index contributed by atoms with van der Waals surface area (Å²) in [5.74, 6) is 1.14. The number of rotatable bonds is 5. The molecule has 6 heteroatoms. The molecular formula is C12H18N2O3S. The molecule has 2 amide bonds. The molecule has 0 atom stereocenters. The Hall–Kier alpha value is -0.750. The van der Waals surface area contributed by atoms with Gasteiger partial charge in [-0.25, -0.2) is 5.48 Å². The van der Waals surface area contributed by atoms with Crippen LogP contribution in [0.3, 0.4) is 0 Å². The molecule has 4 rings (SSSR count). The van der Waals surface area contributed by atoms with Crippen LogP contribution < -0.4 is 5.48 Å². The van der Waals surface area contributed by atoms with Crippen LogP contribution in [-0.4, -0.2) is 47.4 Å². The fraction of sp³-hybridized carbons (Fsp3) is 0.833. The number of nitrogens with one attached hydrogen (secondary N) is 1. The third-order valence-corrected chi connectivity index (χ3v) is 5.64. The Morgan fingerprint density at radius 2 is 2.39 bits per heavy atom. The third-order valence-electron chi connectivity index (χ3n) is 4.11. The van der Waals surface area contributed by atoms with Crippen LogP contribution in [0.2, 0.25) is 0 Å². The monoisotopic (exact) mass is 270 g/mol. The van der Waals surface area contributed by atoms with Gasteiger partial charge in [-0.15, -0.1) is 0 Å². The second-order valence-electron chi connectivity index (χ2n) is 5.39. The van der Waals surface area contributed by atoms with Crippen molar-refractivity contribution >= 4 is 23.6 Å². The number of thioether (sulfide) groups is 1. The number of hydroxylamine groups is 1. The molecule has 0 radical (unpaired) electrons. The maximum Gasteiger partial charge on any atom is 0.250 e. The van der Waals surface area contributed by atoms with Crippen LogP contribution in [0.15, 0.2) is 0 Å². The van der Waals surface area contributed by atoms with Gasteiger partial charge in [0.15, 0.2) is 0 Å². The summed E-state index contributed by atoms with van der Waals surface area (Å²) in [6, 6.07) is 0. The lowest BCUT2D eigenvalue weighted by molar-refractivity contribution is -0.146. The molecule has 3 heterocycles. The number of amides is 2. The largest absolute Gasteiger partial charge is 0.340 e. The van der Waals surface area contributed by atoms with E-state index in [-0.39, 0.29) is 17.2 Å². The highest BCUT2D eigenvalue weighted by Gasteiger charge is 2.56. The number of nitrogens with zero attached hydrogens (tertiary/aromatic N) is 1. The van der Waals surface area contributed by atoms with Gasteiger partial charge in [-0.3, -0.25) is 14.4 Å². The SMILES string of the molecule is O=C1CCCN1CCONC(=O)C12CSC(C1)C2.